The second kappa shape index (κ2) is 4.53. The fraction of sp³-hybridized carbons (Fsp3) is 0.0588. The van der Waals surface area contributed by atoms with Gasteiger partial charge in [0.25, 0.3) is 5.91 Å². The number of carbonyl (C=O) groups is 1. The normalized spacial score (nSPS) is 18.7. The molecule has 4 rings (SSSR count). The molecule has 0 spiro atoms. The quantitative estimate of drug-likeness (QED) is 0.747. The third kappa shape index (κ3) is 1.87. The van der Waals surface area contributed by atoms with Crippen LogP contribution in [-0.4, -0.2) is 16.6 Å². The van der Waals surface area contributed by atoms with Gasteiger partial charge in [0.15, 0.2) is 0 Å². The first-order valence-electron chi connectivity index (χ1n) is 6.70. The lowest BCUT2D eigenvalue weighted by Gasteiger charge is -2.16. The summed E-state index contributed by atoms with van der Waals surface area (Å²) in [4.78, 5) is 18.0. The highest BCUT2D eigenvalue weighted by molar-refractivity contribution is 7.17. The van der Waals surface area contributed by atoms with E-state index in [4.69, 9.17) is 0 Å². The Morgan fingerprint density at radius 2 is 2.19 bits per heavy atom. The Kier molecular flexibility index (Phi) is 2.65. The van der Waals surface area contributed by atoms with Gasteiger partial charge in [-0.05, 0) is 47.7 Å². The van der Waals surface area contributed by atoms with E-state index in [1.807, 2.05) is 35.4 Å². The molecule has 4 heteroatoms. The summed E-state index contributed by atoms with van der Waals surface area (Å²) in [6.45, 7) is 2.10. The zero-order chi connectivity index (χ0) is 14.4. The standard InChI is InChI=1S/C17H12N2OS/c1-11-5-4-6-14-16(11)12(10-21-14)9-13-17(20)18-15-7-2-3-8-19(13)15/h2-10H,1H3. The van der Waals surface area contributed by atoms with E-state index in [1.165, 1.54) is 15.6 Å². The summed E-state index contributed by atoms with van der Waals surface area (Å²) >= 11 is 1.70. The number of aliphatic imine (C=N–C) groups is 1. The van der Waals surface area contributed by atoms with Crippen LogP contribution in [0, 0.1) is 6.92 Å². The van der Waals surface area contributed by atoms with E-state index in [9.17, 15) is 4.79 Å². The van der Waals surface area contributed by atoms with Crippen LogP contribution in [-0.2, 0) is 4.79 Å². The topological polar surface area (TPSA) is 32.7 Å². The highest BCUT2D eigenvalue weighted by Gasteiger charge is 2.27. The molecule has 0 saturated carbocycles. The molecule has 0 radical (unpaired) electrons. The molecule has 102 valence electrons. The lowest BCUT2D eigenvalue weighted by molar-refractivity contribution is -0.114. The molecule has 2 aliphatic heterocycles. The second-order valence-corrected chi connectivity index (χ2v) is 5.93. The summed E-state index contributed by atoms with van der Waals surface area (Å²) in [6, 6.07) is 6.27. The van der Waals surface area contributed by atoms with Crippen molar-refractivity contribution in [2.24, 2.45) is 4.99 Å². The smallest absolute Gasteiger partial charge is 0.295 e. The number of rotatable bonds is 1. The van der Waals surface area contributed by atoms with Crippen LogP contribution < -0.4 is 0 Å². The van der Waals surface area contributed by atoms with Gasteiger partial charge in [0.1, 0.15) is 11.5 Å². The lowest BCUT2D eigenvalue weighted by atomic mass is 10.1. The SMILES string of the molecule is Cc1cccc2scc(C=C3C(=O)N=C4C=CC=CN34)c12. The van der Waals surface area contributed by atoms with Crippen molar-refractivity contribution in [2.45, 2.75) is 6.92 Å². The van der Waals surface area contributed by atoms with Crippen LogP contribution in [0.4, 0.5) is 0 Å². The van der Waals surface area contributed by atoms with Crippen molar-refractivity contribution < 1.29 is 4.79 Å². The molecule has 1 aromatic heterocycles. The average Bonchev–Trinajstić information content (AvgIpc) is 3.03. The summed E-state index contributed by atoms with van der Waals surface area (Å²) in [7, 11) is 0. The Morgan fingerprint density at radius 1 is 1.29 bits per heavy atom. The molecule has 0 fully saturated rings. The van der Waals surface area contributed by atoms with Gasteiger partial charge in [-0.25, -0.2) is 0 Å². The molecule has 0 bridgehead atoms. The molecular weight excluding hydrogens is 280 g/mol. The Bertz CT molecular complexity index is 883. The van der Waals surface area contributed by atoms with Crippen molar-refractivity contribution in [3.8, 4) is 0 Å². The molecular formula is C17H12N2OS. The van der Waals surface area contributed by atoms with E-state index < -0.39 is 0 Å². The van der Waals surface area contributed by atoms with Gasteiger partial charge >= 0.3 is 0 Å². The van der Waals surface area contributed by atoms with E-state index in [2.05, 4.69) is 35.5 Å². The number of thiophene rings is 1. The van der Waals surface area contributed by atoms with Crippen LogP contribution in [0.1, 0.15) is 11.1 Å². The number of amides is 1. The summed E-state index contributed by atoms with van der Waals surface area (Å²) in [5, 5.41) is 3.31. The fourth-order valence-electron chi connectivity index (χ4n) is 2.67. The Hall–Kier alpha value is -2.46. The number of amidine groups is 1. The molecule has 1 amide bonds. The van der Waals surface area contributed by atoms with Crippen molar-refractivity contribution in [3.05, 3.63) is 64.8 Å². The van der Waals surface area contributed by atoms with Gasteiger partial charge in [0.05, 0.1) is 0 Å². The lowest BCUT2D eigenvalue weighted by Crippen LogP contribution is -2.20. The van der Waals surface area contributed by atoms with Gasteiger partial charge in [-0.2, -0.15) is 4.99 Å². The van der Waals surface area contributed by atoms with E-state index in [1.54, 1.807) is 11.3 Å². The minimum Gasteiger partial charge on any atom is -0.297 e. The molecule has 21 heavy (non-hydrogen) atoms. The Morgan fingerprint density at radius 3 is 3.10 bits per heavy atom. The van der Waals surface area contributed by atoms with Crippen molar-refractivity contribution in [1.82, 2.24) is 4.90 Å². The van der Waals surface area contributed by atoms with Crippen LogP contribution in [0.15, 0.2) is 58.7 Å². The third-order valence-electron chi connectivity index (χ3n) is 3.66. The molecule has 0 aliphatic carbocycles. The maximum atomic E-state index is 12.1. The van der Waals surface area contributed by atoms with Gasteiger partial charge < -0.3 is 0 Å². The zero-order valence-corrected chi connectivity index (χ0v) is 12.2. The van der Waals surface area contributed by atoms with Gasteiger partial charge in [0, 0.05) is 16.3 Å². The zero-order valence-electron chi connectivity index (χ0n) is 11.4. The largest absolute Gasteiger partial charge is 0.297 e. The van der Waals surface area contributed by atoms with Crippen LogP contribution in [0.25, 0.3) is 16.2 Å². The van der Waals surface area contributed by atoms with Crippen LogP contribution >= 0.6 is 11.3 Å². The molecule has 3 nitrogen and oxygen atoms in total. The van der Waals surface area contributed by atoms with E-state index in [0.717, 1.165) is 5.56 Å². The predicted molar refractivity (Wildman–Crippen MR) is 87.1 cm³/mol. The predicted octanol–water partition coefficient (Wildman–Crippen LogP) is 3.87. The van der Waals surface area contributed by atoms with Crippen LogP contribution in [0.5, 0.6) is 0 Å². The number of hydrogen-bond donors (Lipinski definition) is 0. The van der Waals surface area contributed by atoms with Crippen LogP contribution in [0.2, 0.25) is 0 Å². The molecule has 0 saturated heterocycles. The first kappa shape index (κ1) is 12.3. The number of fused-ring (bicyclic) bond motifs is 2. The first-order chi connectivity index (χ1) is 10.2. The van der Waals surface area contributed by atoms with Crippen molar-refractivity contribution >= 4 is 39.2 Å². The molecule has 0 unspecified atom stereocenters. The molecule has 0 N–H and O–H groups in total. The third-order valence-corrected chi connectivity index (χ3v) is 4.63. The first-order valence-corrected chi connectivity index (χ1v) is 7.57. The van der Waals surface area contributed by atoms with Gasteiger partial charge in [-0.3, -0.25) is 9.69 Å². The highest BCUT2D eigenvalue weighted by atomic mass is 32.1. The maximum Gasteiger partial charge on any atom is 0.295 e. The molecule has 2 aromatic rings. The molecule has 1 aromatic carbocycles. The van der Waals surface area contributed by atoms with Gasteiger partial charge in [0.2, 0.25) is 0 Å². The monoisotopic (exact) mass is 292 g/mol. The molecule has 2 aliphatic rings. The van der Waals surface area contributed by atoms with E-state index >= 15 is 0 Å². The second-order valence-electron chi connectivity index (χ2n) is 5.01. The molecule has 0 atom stereocenters. The number of allylic oxidation sites excluding steroid dienone is 2. The minimum absolute atomic E-state index is 0.186. The van der Waals surface area contributed by atoms with E-state index in [-0.39, 0.29) is 5.91 Å². The van der Waals surface area contributed by atoms with Gasteiger partial charge in [-0.1, -0.05) is 18.2 Å². The fourth-order valence-corrected chi connectivity index (χ4v) is 3.67. The Balaban J connectivity index is 1.86. The van der Waals surface area contributed by atoms with Crippen molar-refractivity contribution in [3.63, 3.8) is 0 Å². The number of aryl methyl sites for hydroxylation is 1. The van der Waals surface area contributed by atoms with Crippen molar-refractivity contribution in [1.29, 1.82) is 0 Å². The Labute approximate surface area is 126 Å². The number of hydrogen-bond acceptors (Lipinski definition) is 3. The molecule has 3 heterocycles. The minimum atomic E-state index is -0.186. The van der Waals surface area contributed by atoms with Gasteiger partial charge in [-0.15, -0.1) is 11.3 Å². The average molecular weight is 292 g/mol. The van der Waals surface area contributed by atoms with Crippen LogP contribution in [0.3, 0.4) is 0 Å². The number of nitrogens with zero attached hydrogens (tertiary/aromatic N) is 2. The highest BCUT2D eigenvalue weighted by Crippen LogP contribution is 2.32. The summed E-state index contributed by atoms with van der Waals surface area (Å²) < 4.78 is 1.24. The number of carbonyl (C=O) groups excluding carboxylic acids is 1. The van der Waals surface area contributed by atoms with Crippen molar-refractivity contribution in [2.75, 3.05) is 0 Å². The van der Waals surface area contributed by atoms with E-state index in [0.29, 0.717) is 11.5 Å². The number of benzene rings is 1. The summed E-state index contributed by atoms with van der Waals surface area (Å²) in [6.07, 6.45) is 9.44. The maximum absolute atomic E-state index is 12.1. The summed E-state index contributed by atoms with van der Waals surface area (Å²) in [5.41, 5.74) is 2.91. The summed E-state index contributed by atoms with van der Waals surface area (Å²) in [5.74, 6) is 0.499.